The highest BCUT2D eigenvalue weighted by Gasteiger charge is 2.42. The molecule has 1 heterocycles. The highest BCUT2D eigenvalue weighted by atomic mass is 16.5. The Labute approximate surface area is 152 Å². The molecule has 3 aliphatic rings. The Kier molecular flexibility index (Phi) is 5.18. The van der Waals surface area contributed by atoms with Crippen LogP contribution in [-0.4, -0.2) is 55.7 Å². The van der Waals surface area contributed by atoms with E-state index in [1.807, 2.05) is 13.0 Å². The number of hydrogen-bond acceptors (Lipinski definition) is 4. The summed E-state index contributed by atoms with van der Waals surface area (Å²) in [5.41, 5.74) is 1.32. The average Bonchev–Trinajstić information content (AvgIpc) is 3.26. The molecule has 0 amide bonds. The van der Waals surface area contributed by atoms with E-state index in [1.54, 1.807) is 7.11 Å². The summed E-state index contributed by atoms with van der Waals surface area (Å²) in [5.74, 6) is 3.74. The van der Waals surface area contributed by atoms with Crippen LogP contribution in [-0.2, 0) is 6.54 Å². The molecule has 3 atom stereocenters. The Bertz CT molecular complexity index is 583. The number of benzene rings is 1. The summed E-state index contributed by atoms with van der Waals surface area (Å²) in [6.07, 6.45) is 5.97. The van der Waals surface area contributed by atoms with Crippen molar-refractivity contribution in [3.8, 4) is 11.5 Å². The van der Waals surface area contributed by atoms with Gasteiger partial charge in [0, 0.05) is 38.8 Å². The van der Waals surface area contributed by atoms with Gasteiger partial charge in [-0.05, 0) is 55.7 Å². The fraction of sp³-hybridized carbons (Fsp3) is 0.714. The lowest BCUT2D eigenvalue weighted by atomic mass is 9.93. The van der Waals surface area contributed by atoms with Crippen LogP contribution in [0.4, 0.5) is 0 Å². The maximum atomic E-state index is 5.72. The molecule has 0 unspecified atom stereocenters. The molecule has 1 aliphatic heterocycles. The van der Waals surface area contributed by atoms with Crippen molar-refractivity contribution in [2.45, 2.75) is 45.2 Å². The Morgan fingerprint density at radius 3 is 2.52 bits per heavy atom. The third-order valence-electron chi connectivity index (χ3n) is 6.51. The Hall–Kier alpha value is -1.26. The van der Waals surface area contributed by atoms with Gasteiger partial charge in [0.05, 0.1) is 13.7 Å². The molecule has 1 saturated heterocycles. The molecule has 0 N–H and O–H groups in total. The lowest BCUT2D eigenvalue weighted by molar-refractivity contribution is 0.0679. The molecule has 2 aliphatic carbocycles. The Morgan fingerprint density at radius 1 is 1.04 bits per heavy atom. The Morgan fingerprint density at radius 2 is 1.88 bits per heavy atom. The van der Waals surface area contributed by atoms with Gasteiger partial charge in [-0.2, -0.15) is 0 Å². The summed E-state index contributed by atoms with van der Waals surface area (Å²) >= 11 is 0. The molecule has 1 aromatic rings. The molecule has 1 aromatic carbocycles. The minimum atomic E-state index is 0.669. The highest BCUT2D eigenvalue weighted by molar-refractivity contribution is 5.43. The molecule has 2 bridgehead atoms. The van der Waals surface area contributed by atoms with Crippen LogP contribution in [0.25, 0.3) is 0 Å². The smallest absolute Gasteiger partial charge is 0.161 e. The van der Waals surface area contributed by atoms with E-state index < -0.39 is 0 Å². The van der Waals surface area contributed by atoms with E-state index in [2.05, 4.69) is 21.9 Å². The van der Waals surface area contributed by atoms with Crippen LogP contribution in [0.3, 0.4) is 0 Å². The lowest BCUT2D eigenvalue weighted by Crippen LogP contribution is -2.51. The molecule has 25 heavy (non-hydrogen) atoms. The summed E-state index contributed by atoms with van der Waals surface area (Å²) in [7, 11) is 1.70. The van der Waals surface area contributed by atoms with Gasteiger partial charge in [0.25, 0.3) is 0 Å². The van der Waals surface area contributed by atoms with E-state index in [4.69, 9.17) is 9.47 Å². The van der Waals surface area contributed by atoms with Crippen molar-refractivity contribution in [2.24, 2.45) is 11.8 Å². The maximum absolute atomic E-state index is 5.72. The molecule has 0 aromatic heterocycles. The topological polar surface area (TPSA) is 24.9 Å². The first-order valence-corrected chi connectivity index (χ1v) is 10.0. The van der Waals surface area contributed by atoms with Crippen LogP contribution in [0.15, 0.2) is 18.2 Å². The molecule has 4 rings (SSSR count). The first kappa shape index (κ1) is 17.2. The van der Waals surface area contributed by atoms with Crippen LogP contribution in [0.5, 0.6) is 11.5 Å². The molecule has 3 fully saturated rings. The van der Waals surface area contributed by atoms with E-state index in [-0.39, 0.29) is 0 Å². The van der Waals surface area contributed by atoms with Gasteiger partial charge >= 0.3 is 0 Å². The van der Waals surface area contributed by atoms with Gasteiger partial charge in [0.1, 0.15) is 0 Å². The standard InChI is InChI=1S/C21H32N2O2/c1-3-25-21-14-17(5-7-20(21)24-2)15-22-8-10-23(11-9-22)19-13-16-4-6-18(19)12-16/h5,7,14,16,18-19H,3-4,6,8-13,15H2,1-2H3/t16-,18+,19+/m0/s1. The fourth-order valence-corrected chi connectivity index (χ4v) is 5.26. The molecule has 2 saturated carbocycles. The van der Waals surface area contributed by atoms with Crippen molar-refractivity contribution < 1.29 is 9.47 Å². The van der Waals surface area contributed by atoms with E-state index in [9.17, 15) is 0 Å². The first-order chi connectivity index (χ1) is 12.3. The van der Waals surface area contributed by atoms with E-state index in [1.165, 1.54) is 57.4 Å². The number of hydrogen-bond donors (Lipinski definition) is 0. The van der Waals surface area contributed by atoms with Crippen molar-refractivity contribution in [3.05, 3.63) is 23.8 Å². The van der Waals surface area contributed by atoms with Crippen LogP contribution < -0.4 is 9.47 Å². The minimum Gasteiger partial charge on any atom is -0.493 e. The molecular weight excluding hydrogens is 312 g/mol. The second kappa shape index (κ2) is 7.55. The van der Waals surface area contributed by atoms with Gasteiger partial charge in [0.2, 0.25) is 0 Å². The fourth-order valence-electron chi connectivity index (χ4n) is 5.26. The highest BCUT2D eigenvalue weighted by Crippen LogP contribution is 2.46. The average molecular weight is 344 g/mol. The van der Waals surface area contributed by atoms with Gasteiger partial charge < -0.3 is 9.47 Å². The molecular formula is C21H32N2O2. The summed E-state index contributed by atoms with van der Waals surface area (Å²) < 4.78 is 11.1. The van der Waals surface area contributed by atoms with Crippen molar-refractivity contribution >= 4 is 0 Å². The van der Waals surface area contributed by atoms with Gasteiger partial charge in [-0.15, -0.1) is 0 Å². The number of fused-ring (bicyclic) bond motifs is 2. The Balaban J connectivity index is 1.32. The molecule has 0 spiro atoms. The normalized spacial score (nSPS) is 29.9. The summed E-state index contributed by atoms with van der Waals surface area (Å²) in [4.78, 5) is 5.38. The minimum absolute atomic E-state index is 0.669. The van der Waals surface area contributed by atoms with Crippen LogP contribution >= 0.6 is 0 Å². The number of ether oxygens (including phenoxy) is 2. The predicted octanol–water partition coefficient (Wildman–Crippen LogP) is 3.40. The van der Waals surface area contributed by atoms with Crippen molar-refractivity contribution in [1.82, 2.24) is 9.80 Å². The molecule has 4 nitrogen and oxygen atoms in total. The predicted molar refractivity (Wildman–Crippen MR) is 100 cm³/mol. The number of piperazine rings is 1. The zero-order chi connectivity index (χ0) is 17.2. The zero-order valence-electron chi connectivity index (χ0n) is 15.7. The molecule has 138 valence electrons. The quantitative estimate of drug-likeness (QED) is 0.790. The molecule has 4 heteroatoms. The molecule has 0 radical (unpaired) electrons. The SMILES string of the molecule is CCOc1cc(CN2CCN([C@@H]3C[C@H]4CC[C@@H]3C4)CC2)ccc1OC. The second-order valence-electron chi connectivity index (χ2n) is 7.97. The van der Waals surface area contributed by atoms with Crippen molar-refractivity contribution in [2.75, 3.05) is 39.9 Å². The second-order valence-corrected chi connectivity index (χ2v) is 7.97. The lowest BCUT2D eigenvalue weighted by Gasteiger charge is -2.41. The van der Waals surface area contributed by atoms with Gasteiger partial charge in [0.15, 0.2) is 11.5 Å². The number of methoxy groups -OCH3 is 1. The van der Waals surface area contributed by atoms with E-state index in [0.29, 0.717) is 6.61 Å². The zero-order valence-corrected chi connectivity index (χ0v) is 15.7. The van der Waals surface area contributed by atoms with Crippen molar-refractivity contribution in [1.29, 1.82) is 0 Å². The van der Waals surface area contributed by atoms with E-state index in [0.717, 1.165) is 35.9 Å². The maximum Gasteiger partial charge on any atom is 0.161 e. The van der Waals surface area contributed by atoms with Gasteiger partial charge in [-0.3, -0.25) is 9.80 Å². The van der Waals surface area contributed by atoms with Crippen LogP contribution in [0, 0.1) is 11.8 Å². The van der Waals surface area contributed by atoms with E-state index >= 15 is 0 Å². The number of nitrogens with zero attached hydrogens (tertiary/aromatic N) is 2. The largest absolute Gasteiger partial charge is 0.493 e. The monoisotopic (exact) mass is 344 g/mol. The van der Waals surface area contributed by atoms with Crippen LogP contribution in [0.2, 0.25) is 0 Å². The summed E-state index contributed by atoms with van der Waals surface area (Å²) in [6.45, 7) is 8.54. The summed E-state index contributed by atoms with van der Waals surface area (Å²) in [6, 6.07) is 7.24. The third kappa shape index (κ3) is 3.65. The number of rotatable bonds is 6. The van der Waals surface area contributed by atoms with Crippen LogP contribution in [0.1, 0.15) is 38.2 Å². The van der Waals surface area contributed by atoms with Gasteiger partial charge in [-0.1, -0.05) is 12.5 Å². The third-order valence-corrected chi connectivity index (χ3v) is 6.51. The first-order valence-electron chi connectivity index (χ1n) is 10.0. The van der Waals surface area contributed by atoms with Crippen molar-refractivity contribution in [3.63, 3.8) is 0 Å². The van der Waals surface area contributed by atoms with Gasteiger partial charge in [-0.25, -0.2) is 0 Å². The summed E-state index contributed by atoms with van der Waals surface area (Å²) in [5, 5.41) is 0.